The fourth-order valence-corrected chi connectivity index (χ4v) is 2.36. The average molecular weight is 328 g/mol. The van der Waals surface area contributed by atoms with Gasteiger partial charge in [0.25, 0.3) is 17.2 Å². The van der Waals surface area contributed by atoms with Gasteiger partial charge >= 0.3 is 0 Å². The van der Waals surface area contributed by atoms with Gasteiger partial charge in [-0.2, -0.15) is 5.10 Å². The van der Waals surface area contributed by atoms with Crippen molar-refractivity contribution in [2.24, 2.45) is 0 Å². The van der Waals surface area contributed by atoms with E-state index in [2.05, 4.69) is 10.4 Å². The Morgan fingerprint density at radius 1 is 1.33 bits per heavy atom. The van der Waals surface area contributed by atoms with Crippen molar-refractivity contribution in [2.75, 3.05) is 6.54 Å². The van der Waals surface area contributed by atoms with Crippen LogP contribution in [0.25, 0.3) is 0 Å². The van der Waals surface area contributed by atoms with E-state index in [0.29, 0.717) is 5.92 Å². The van der Waals surface area contributed by atoms with Crippen LogP contribution >= 0.6 is 0 Å². The minimum absolute atomic E-state index is 0.141. The van der Waals surface area contributed by atoms with Crippen LogP contribution in [0.5, 0.6) is 0 Å². The Labute approximate surface area is 137 Å². The highest BCUT2D eigenvalue weighted by Crippen LogP contribution is 2.38. The Hall–Kier alpha value is -3.03. The molecule has 1 heterocycles. The van der Waals surface area contributed by atoms with Crippen molar-refractivity contribution in [3.8, 4) is 0 Å². The van der Waals surface area contributed by atoms with E-state index in [-0.39, 0.29) is 29.9 Å². The van der Waals surface area contributed by atoms with E-state index >= 15 is 0 Å². The molecule has 0 bridgehead atoms. The molecule has 0 spiro atoms. The number of rotatable bonds is 6. The van der Waals surface area contributed by atoms with Gasteiger partial charge in [0, 0.05) is 36.2 Å². The number of nitrogens with zero attached hydrogens (tertiary/aromatic N) is 3. The molecule has 1 aromatic carbocycles. The van der Waals surface area contributed by atoms with Gasteiger partial charge in [0.1, 0.15) is 0 Å². The molecule has 1 aliphatic rings. The number of nitro groups is 1. The van der Waals surface area contributed by atoms with E-state index in [0.717, 1.165) is 18.5 Å². The number of hydrogen-bond acceptors (Lipinski definition) is 5. The van der Waals surface area contributed by atoms with Gasteiger partial charge in [-0.25, -0.2) is 4.68 Å². The van der Waals surface area contributed by atoms with Crippen LogP contribution in [0.2, 0.25) is 0 Å². The summed E-state index contributed by atoms with van der Waals surface area (Å²) in [6, 6.07) is 8.73. The van der Waals surface area contributed by atoms with Crippen LogP contribution in [0.4, 0.5) is 5.69 Å². The van der Waals surface area contributed by atoms with Gasteiger partial charge < -0.3 is 5.32 Å². The lowest BCUT2D eigenvalue weighted by atomic mass is 10.2. The van der Waals surface area contributed by atoms with Crippen molar-refractivity contribution >= 4 is 11.6 Å². The predicted molar refractivity (Wildman–Crippen MR) is 85.9 cm³/mol. The standard InChI is InChI=1S/C16H16N4O4/c21-15-7-6-14(11-4-5-11)18-19(15)9-8-17-16(22)12-2-1-3-13(10-12)20(23)24/h1-3,6-7,10-11H,4-5,8-9H2,(H,17,22). The predicted octanol–water partition coefficient (Wildman–Crippen LogP) is 1.46. The smallest absolute Gasteiger partial charge is 0.270 e. The van der Waals surface area contributed by atoms with Crippen LogP contribution in [0.15, 0.2) is 41.2 Å². The third kappa shape index (κ3) is 3.65. The maximum absolute atomic E-state index is 12.0. The van der Waals surface area contributed by atoms with Crippen LogP contribution in [0.1, 0.15) is 34.8 Å². The maximum Gasteiger partial charge on any atom is 0.270 e. The molecule has 1 saturated carbocycles. The largest absolute Gasteiger partial charge is 0.350 e. The molecular weight excluding hydrogens is 312 g/mol. The summed E-state index contributed by atoms with van der Waals surface area (Å²) in [6.07, 6.45) is 2.18. The normalized spacial score (nSPS) is 13.5. The number of benzene rings is 1. The van der Waals surface area contributed by atoms with Gasteiger partial charge in [-0.05, 0) is 25.0 Å². The Kier molecular flexibility index (Phi) is 4.37. The highest BCUT2D eigenvalue weighted by Gasteiger charge is 2.25. The molecule has 3 rings (SSSR count). The maximum atomic E-state index is 12.0. The summed E-state index contributed by atoms with van der Waals surface area (Å²) in [6.45, 7) is 0.461. The molecule has 2 aromatic rings. The molecule has 0 saturated heterocycles. The Morgan fingerprint density at radius 2 is 2.12 bits per heavy atom. The number of hydrogen-bond donors (Lipinski definition) is 1. The molecule has 1 N–H and O–H groups in total. The zero-order valence-corrected chi connectivity index (χ0v) is 12.8. The number of carbonyl (C=O) groups is 1. The Morgan fingerprint density at radius 3 is 2.83 bits per heavy atom. The van der Waals surface area contributed by atoms with Crippen LogP contribution in [-0.4, -0.2) is 27.2 Å². The van der Waals surface area contributed by atoms with Gasteiger partial charge in [0.15, 0.2) is 0 Å². The van der Waals surface area contributed by atoms with Crippen molar-refractivity contribution in [3.63, 3.8) is 0 Å². The number of non-ortho nitro benzene ring substituents is 1. The third-order valence-electron chi connectivity index (χ3n) is 3.81. The fraction of sp³-hybridized carbons (Fsp3) is 0.312. The van der Waals surface area contributed by atoms with Crippen molar-refractivity contribution in [3.05, 3.63) is 68.1 Å². The van der Waals surface area contributed by atoms with Gasteiger partial charge in [0.2, 0.25) is 0 Å². The summed E-state index contributed by atoms with van der Waals surface area (Å²) >= 11 is 0. The van der Waals surface area contributed by atoms with Crippen molar-refractivity contribution < 1.29 is 9.72 Å². The molecule has 1 aromatic heterocycles. The second-order valence-electron chi connectivity index (χ2n) is 5.66. The zero-order valence-electron chi connectivity index (χ0n) is 12.8. The summed E-state index contributed by atoms with van der Waals surface area (Å²) in [4.78, 5) is 34.0. The third-order valence-corrected chi connectivity index (χ3v) is 3.81. The topological polar surface area (TPSA) is 107 Å². The monoisotopic (exact) mass is 328 g/mol. The molecule has 1 amide bonds. The second kappa shape index (κ2) is 6.61. The molecule has 8 heteroatoms. The lowest BCUT2D eigenvalue weighted by molar-refractivity contribution is -0.384. The van der Waals surface area contributed by atoms with E-state index in [1.54, 1.807) is 6.07 Å². The first-order chi connectivity index (χ1) is 11.5. The summed E-state index contributed by atoms with van der Waals surface area (Å²) in [7, 11) is 0. The number of amides is 1. The number of nitrogens with one attached hydrogen (secondary N) is 1. The zero-order chi connectivity index (χ0) is 17.1. The summed E-state index contributed by atoms with van der Waals surface area (Å²) < 4.78 is 1.33. The van der Waals surface area contributed by atoms with Gasteiger partial charge in [-0.1, -0.05) is 6.07 Å². The number of aromatic nitrogens is 2. The van der Waals surface area contributed by atoms with E-state index in [1.165, 1.54) is 35.0 Å². The first-order valence-electron chi connectivity index (χ1n) is 7.65. The highest BCUT2D eigenvalue weighted by atomic mass is 16.6. The van der Waals surface area contributed by atoms with E-state index < -0.39 is 10.8 Å². The number of carbonyl (C=O) groups excluding carboxylic acids is 1. The molecule has 24 heavy (non-hydrogen) atoms. The quantitative estimate of drug-likeness (QED) is 0.638. The molecule has 1 fully saturated rings. The van der Waals surface area contributed by atoms with Crippen LogP contribution in [0, 0.1) is 10.1 Å². The van der Waals surface area contributed by atoms with Crippen molar-refractivity contribution in [1.29, 1.82) is 0 Å². The molecule has 8 nitrogen and oxygen atoms in total. The van der Waals surface area contributed by atoms with Crippen LogP contribution < -0.4 is 10.9 Å². The van der Waals surface area contributed by atoms with Crippen LogP contribution in [-0.2, 0) is 6.54 Å². The lowest BCUT2D eigenvalue weighted by Gasteiger charge is -2.08. The van der Waals surface area contributed by atoms with E-state index in [4.69, 9.17) is 0 Å². The molecule has 0 aliphatic heterocycles. The fourth-order valence-electron chi connectivity index (χ4n) is 2.36. The van der Waals surface area contributed by atoms with E-state index in [1.807, 2.05) is 0 Å². The molecule has 124 valence electrons. The minimum Gasteiger partial charge on any atom is -0.350 e. The molecule has 0 atom stereocenters. The number of nitro benzene ring substituents is 1. The SMILES string of the molecule is O=C(NCCn1nc(C2CC2)ccc1=O)c1cccc([N+](=O)[O-])c1. The van der Waals surface area contributed by atoms with Gasteiger partial charge in [-0.15, -0.1) is 0 Å². The van der Waals surface area contributed by atoms with Gasteiger partial charge in [0.05, 0.1) is 17.2 Å². The highest BCUT2D eigenvalue weighted by molar-refractivity contribution is 5.94. The van der Waals surface area contributed by atoms with Crippen molar-refractivity contribution in [2.45, 2.75) is 25.3 Å². The molecule has 1 aliphatic carbocycles. The average Bonchev–Trinajstić information content (AvgIpc) is 3.41. The lowest BCUT2D eigenvalue weighted by Crippen LogP contribution is -2.32. The van der Waals surface area contributed by atoms with Crippen LogP contribution in [0.3, 0.4) is 0 Å². The second-order valence-corrected chi connectivity index (χ2v) is 5.66. The molecular formula is C16H16N4O4. The summed E-state index contributed by atoms with van der Waals surface area (Å²) in [5.74, 6) is 0.0152. The van der Waals surface area contributed by atoms with Gasteiger partial charge in [-0.3, -0.25) is 19.7 Å². The van der Waals surface area contributed by atoms with E-state index in [9.17, 15) is 19.7 Å². The summed E-state index contributed by atoms with van der Waals surface area (Å²) in [5, 5.41) is 17.7. The van der Waals surface area contributed by atoms with Crippen molar-refractivity contribution in [1.82, 2.24) is 15.1 Å². The molecule has 0 radical (unpaired) electrons. The Balaban J connectivity index is 1.61. The Bertz CT molecular complexity index is 842. The minimum atomic E-state index is -0.552. The summed E-state index contributed by atoms with van der Waals surface area (Å²) in [5.41, 5.74) is 0.748. The first-order valence-corrected chi connectivity index (χ1v) is 7.65. The molecule has 0 unspecified atom stereocenters. The first kappa shape index (κ1) is 15.9.